The van der Waals surface area contributed by atoms with Crippen molar-refractivity contribution in [3.05, 3.63) is 88.4 Å². The minimum absolute atomic E-state index is 0.114. The fraction of sp³-hybridized carbons (Fsp3) is 0.136. The molecule has 0 aliphatic rings. The predicted molar refractivity (Wildman–Crippen MR) is 110 cm³/mol. The molecule has 0 aliphatic carbocycles. The summed E-state index contributed by atoms with van der Waals surface area (Å²) in [6, 6.07) is 20.8. The molecule has 0 aliphatic heterocycles. The van der Waals surface area contributed by atoms with Crippen LogP contribution in [-0.4, -0.2) is 11.0 Å². The van der Waals surface area contributed by atoms with E-state index in [1.54, 1.807) is 6.07 Å². The third-order valence-electron chi connectivity index (χ3n) is 4.16. The average Bonchev–Trinajstić information content (AvgIpc) is 2.64. The second kappa shape index (κ2) is 8.60. The molecule has 3 aromatic rings. The number of hydrogen-bond donors (Lipinski definition) is 3. The fourth-order valence-corrected chi connectivity index (χ4v) is 3.06. The van der Waals surface area contributed by atoms with Gasteiger partial charge in [0.15, 0.2) is 0 Å². The third kappa shape index (κ3) is 5.25. The van der Waals surface area contributed by atoms with Crippen LogP contribution in [0.2, 0.25) is 5.02 Å². The zero-order chi connectivity index (χ0) is 19.2. The van der Waals surface area contributed by atoms with E-state index in [1.807, 2.05) is 60.7 Å². The summed E-state index contributed by atoms with van der Waals surface area (Å²) >= 11 is 6.25. The van der Waals surface area contributed by atoms with Crippen LogP contribution in [0.5, 0.6) is 5.75 Å². The van der Waals surface area contributed by atoms with Gasteiger partial charge in [-0.1, -0.05) is 41.9 Å². The van der Waals surface area contributed by atoms with Gasteiger partial charge in [0.2, 0.25) is 5.91 Å². The summed E-state index contributed by atoms with van der Waals surface area (Å²) in [6.45, 7) is 1.94. The zero-order valence-electron chi connectivity index (χ0n) is 15.0. The number of anilines is 2. The van der Waals surface area contributed by atoms with E-state index in [4.69, 9.17) is 11.6 Å². The fourth-order valence-electron chi connectivity index (χ4n) is 2.86. The van der Waals surface area contributed by atoms with Gasteiger partial charge in [0.25, 0.3) is 0 Å². The van der Waals surface area contributed by atoms with Crippen molar-refractivity contribution in [3.63, 3.8) is 0 Å². The van der Waals surface area contributed by atoms with Crippen LogP contribution < -0.4 is 10.6 Å². The Kier molecular flexibility index (Phi) is 5.99. The van der Waals surface area contributed by atoms with E-state index in [1.165, 1.54) is 6.92 Å². The SMILES string of the molecule is CC(=O)Nc1cccc(NCc2cc(Cc3ccccc3Cl)ccc2O)c1. The number of hydrogen-bond acceptors (Lipinski definition) is 3. The van der Waals surface area contributed by atoms with E-state index in [9.17, 15) is 9.90 Å². The molecule has 27 heavy (non-hydrogen) atoms. The number of aromatic hydroxyl groups is 1. The summed E-state index contributed by atoms with van der Waals surface area (Å²) in [4.78, 5) is 11.2. The van der Waals surface area contributed by atoms with E-state index in [2.05, 4.69) is 10.6 Å². The van der Waals surface area contributed by atoms with Crippen LogP contribution in [0.25, 0.3) is 0 Å². The Morgan fingerprint density at radius 2 is 1.74 bits per heavy atom. The molecule has 3 aromatic carbocycles. The highest BCUT2D eigenvalue weighted by molar-refractivity contribution is 6.31. The first-order valence-electron chi connectivity index (χ1n) is 8.67. The first-order chi connectivity index (χ1) is 13.0. The summed E-state index contributed by atoms with van der Waals surface area (Å²) in [5, 5.41) is 17.0. The number of nitrogens with one attached hydrogen (secondary N) is 2. The number of rotatable bonds is 6. The Hall–Kier alpha value is -2.98. The monoisotopic (exact) mass is 380 g/mol. The minimum Gasteiger partial charge on any atom is -0.508 e. The molecular formula is C22H21ClN2O2. The maximum Gasteiger partial charge on any atom is 0.221 e. The van der Waals surface area contributed by atoms with Crippen molar-refractivity contribution in [2.24, 2.45) is 0 Å². The van der Waals surface area contributed by atoms with Crippen LogP contribution in [0.3, 0.4) is 0 Å². The number of phenols is 1. The quantitative estimate of drug-likeness (QED) is 0.550. The van der Waals surface area contributed by atoms with Crippen molar-refractivity contribution >= 4 is 28.9 Å². The number of carbonyl (C=O) groups is 1. The molecular weight excluding hydrogens is 360 g/mol. The van der Waals surface area contributed by atoms with Gasteiger partial charge in [0.05, 0.1) is 0 Å². The van der Waals surface area contributed by atoms with Crippen molar-refractivity contribution in [1.29, 1.82) is 0 Å². The Balaban J connectivity index is 1.72. The molecule has 0 fully saturated rings. The molecule has 0 radical (unpaired) electrons. The topological polar surface area (TPSA) is 61.4 Å². The van der Waals surface area contributed by atoms with Crippen LogP contribution in [0.15, 0.2) is 66.7 Å². The molecule has 3 rings (SSSR count). The Morgan fingerprint density at radius 3 is 2.52 bits per heavy atom. The van der Waals surface area contributed by atoms with Gasteiger partial charge in [-0.05, 0) is 53.9 Å². The van der Waals surface area contributed by atoms with E-state index in [-0.39, 0.29) is 11.7 Å². The normalized spacial score (nSPS) is 10.4. The molecule has 5 heteroatoms. The lowest BCUT2D eigenvalue weighted by Crippen LogP contribution is -2.06. The Bertz CT molecular complexity index is 957. The number of carbonyl (C=O) groups excluding carboxylic acids is 1. The number of halogens is 1. The lowest BCUT2D eigenvalue weighted by molar-refractivity contribution is -0.114. The van der Waals surface area contributed by atoms with Gasteiger partial charge in [0, 0.05) is 35.4 Å². The van der Waals surface area contributed by atoms with Crippen molar-refractivity contribution < 1.29 is 9.90 Å². The minimum atomic E-state index is -0.114. The zero-order valence-corrected chi connectivity index (χ0v) is 15.8. The summed E-state index contributed by atoms with van der Waals surface area (Å²) < 4.78 is 0. The van der Waals surface area contributed by atoms with Crippen LogP contribution in [0.4, 0.5) is 11.4 Å². The molecule has 3 N–H and O–H groups in total. The molecule has 1 amide bonds. The van der Waals surface area contributed by atoms with Gasteiger partial charge >= 0.3 is 0 Å². The average molecular weight is 381 g/mol. The summed E-state index contributed by atoms with van der Waals surface area (Å²) in [7, 11) is 0. The molecule has 0 saturated heterocycles. The predicted octanol–water partition coefficient (Wildman–Crippen LogP) is 5.21. The molecule has 0 bridgehead atoms. The van der Waals surface area contributed by atoms with Gasteiger partial charge in [0.1, 0.15) is 5.75 Å². The van der Waals surface area contributed by atoms with E-state index in [0.29, 0.717) is 13.0 Å². The molecule has 0 aromatic heterocycles. The number of phenolic OH excluding ortho intramolecular Hbond substituents is 1. The molecule has 0 spiro atoms. The third-order valence-corrected chi connectivity index (χ3v) is 4.53. The van der Waals surface area contributed by atoms with Gasteiger partial charge < -0.3 is 15.7 Å². The Labute approximate surface area is 163 Å². The molecule has 138 valence electrons. The summed E-state index contributed by atoms with van der Waals surface area (Å²) in [5.74, 6) is 0.125. The van der Waals surface area contributed by atoms with Gasteiger partial charge in [-0.3, -0.25) is 4.79 Å². The lowest BCUT2D eigenvalue weighted by Gasteiger charge is -2.12. The lowest BCUT2D eigenvalue weighted by atomic mass is 10.0. The highest BCUT2D eigenvalue weighted by Gasteiger charge is 2.06. The van der Waals surface area contributed by atoms with Crippen molar-refractivity contribution in [3.8, 4) is 5.75 Å². The molecule has 0 heterocycles. The van der Waals surface area contributed by atoms with Gasteiger partial charge in [-0.25, -0.2) is 0 Å². The van der Waals surface area contributed by atoms with E-state index < -0.39 is 0 Å². The summed E-state index contributed by atoms with van der Waals surface area (Å²) in [6.07, 6.45) is 0.699. The maximum atomic E-state index is 11.2. The van der Waals surface area contributed by atoms with Gasteiger partial charge in [-0.2, -0.15) is 0 Å². The van der Waals surface area contributed by atoms with Crippen LogP contribution in [-0.2, 0) is 17.8 Å². The highest BCUT2D eigenvalue weighted by Crippen LogP contribution is 2.24. The maximum absolute atomic E-state index is 11.2. The highest BCUT2D eigenvalue weighted by atomic mass is 35.5. The van der Waals surface area contributed by atoms with Crippen molar-refractivity contribution in [2.45, 2.75) is 19.9 Å². The first kappa shape index (κ1) is 18.8. The molecule has 0 unspecified atom stereocenters. The standard InChI is InChI=1S/C22H21ClN2O2/c1-15(26)25-20-7-4-6-19(13-20)24-14-18-12-16(9-10-22(18)27)11-17-5-2-3-8-21(17)23/h2-10,12-13,24,27H,11,14H2,1H3,(H,25,26). The first-order valence-corrected chi connectivity index (χ1v) is 9.05. The number of benzene rings is 3. The van der Waals surface area contributed by atoms with Crippen LogP contribution in [0.1, 0.15) is 23.6 Å². The summed E-state index contributed by atoms with van der Waals surface area (Å²) in [5.41, 5.74) is 4.50. The molecule has 0 saturated carbocycles. The molecule has 4 nitrogen and oxygen atoms in total. The second-order valence-electron chi connectivity index (χ2n) is 6.35. The largest absolute Gasteiger partial charge is 0.508 e. The van der Waals surface area contributed by atoms with Gasteiger partial charge in [-0.15, -0.1) is 0 Å². The van der Waals surface area contributed by atoms with E-state index >= 15 is 0 Å². The van der Waals surface area contributed by atoms with Crippen molar-refractivity contribution in [2.75, 3.05) is 10.6 Å². The number of amides is 1. The van der Waals surface area contributed by atoms with Crippen LogP contribution in [0, 0.1) is 0 Å². The van der Waals surface area contributed by atoms with E-state index in [0.717, 1.165) is 33.1 Å². The van der Waals surface area contributed by atoms with Crippen LogP contribution >= 0.6 is 11.6 Å². The second-order valence-corrected chi connectivity index (χ2v) is 6.75. The van der Waals surface area contributed by atoms with Crippen molar-refractivity contribution in [1.82, 2.24) is 0 Å². The molecule has 0 atom stereocenters. The Morgan fingerprint density at radius 1 is 0.963 bits per heavy atom. The smallest absolute Gasteiger partial charge is 0.221 e.